The normalized spacial score (nSPS) is 26.2. The van der Waals surface area contributed by atoms with E-state index in [-0.39, 0.29) is 0 Å². The molecule has 0 bridgehead atoms. The molecular weight excluding hydrogens is 256 g/mol. The van der Waals surface area contributed by atoms with Crippen molar-refractivity contribution < 1.29 is 19.8 Å². The topological polar surface area (TPSA) is 74.6 Å². The maximum Gasteiger partial charge on any atom is 0.321 e. The van der Waals surface area contributed by atoms with Gasteiger partial charge in [-0.15, -0.1) is 0 Å². The third-order valence-corrected chi connectivity index (χ3v) is 5.45. The van der Waals surface area contributed by atoms with Gasteiger partial charge in [0, 0.05) is 0 Å². The van der Waals surface area contributed by atoms with Gasteiger partial charge in [-0.05, 0) is 31.1 Å². The molecule has 1 spiro atoms. The van der Waals surface area contributed by atoms with E-state index in [9.17, 15) is 9.59 Å². The van der Waals surface area contributed by atoms with Crippen molar-refractivity contribution in [3.05, 3.63) is 0 Å². The highest BCUT2D eigenvalue weighted by atomic mass is 16.4. The Morgan fingerprint density at radius 3 is 1.30 bits per heavy atom. The fourth-order valence-corrected chi connectivity index (χ4v) is 3.98. The molecule has 0 unspecified atom stereocenters. The van der Waals surface area contributed by atoms with Gasteiger partial charge in [0.25, 0.3) is 0 Å². The lowest BCUT2D eigenvalue weighted by Gasteiger charge is -2.37. The average molecular weight is 282 g/mol. The van der Waals surface area contributed by atoms with Crippen LogP contribution in [0.4, 0.5) is 0 Å². The first-order valence-corrected chi connectivity index (χ1v) is 8.02. The van der Waals surface area contributed by atoms with E-state index >= 15 is 0 Å². The summed E-state index contributed by atoms with van der Waals surface area (Å²) in [5.74, 6) is -2.27. The quantitative estimate of drug-likeness (QED) is 0.755. The molecule has 2 N–H and O–H groups in total. The highest BCUT2D eigenvalue weighted by Crippen LogP contribution is 2.66. The molecule has 0 aromatic heterocycles. The van der Waals surface area contributed by atoms with Gasteiger partial charge >= 0.3 is 11.9 Å². The minimum atomic E-state index is -1.48. The molecule has 3 rings (SSSR count). The molecule has 3 fully saturated rings. The van der Waals surface area contributed by atoms with Crippen molar-refractivity contribution in [1.82, 2.24) is 0 Å². The molecule has 3 saturated carbocycles. The molecule has 20 heavy (non-hydrogen) atoms. The number of hydrogen-bond acceptors (Lipinski definition) is 2. The van der Waals surface area contributed by atoms with Crippen LogP contribution in [0.25, 0.3) is 0 Å². The third-order valence-electron chi connectivity index (χ3n) is 5.45. The van der Waals surface area contributed by atoms with Gasteiger partial charge in [-0.25, -0.2) is 0 Å². The predicted molar refractivity (Wildman–Crippen MR) is 75.5 cm³/mol. The second-order valence-electron chi connectivity index (χ2n) is 6.62. The lowest BCUT2D eigenvalue weighted by Crippen LogP contribution is -2.49. The minimum absolute atomic E-state index is 0.303. The van der Waals surface area contributed by atoms with E-state index in [1.807, 2.05) is 0 Å². The van der Waals surface area contributed by atoms with E-state index in [2.05, 4.69) is 0 Å². The van der Waals surface area contributed by atoms with Gasteiger partial charge in [-0.2, -0.15) is 0 Å². The predicted octanol–water partition coefficient (Wildman–Crippen LogP) is 3.84. The van der Waals surface area contributed by atoms with Crippen molar-refractivity contribution in [1.29, 1.82) is 0 Å². The van der Waals surface area contributed by atoms with Crippen molar-refractivity contribution in [3.63, 3.8) is 0 Å². The molecule has 0 radical (unpaired) electrons. The van der Waals surface area contributed by atoms with E-state index < -0.39 is 22.8 Å². The van der Waals surface area contributed by atoms with Crippen LogP contribution in [-0.2, 0) is 9.59 Å². The van der Waals surface area contributed by atoms with Crippen LogP contribution in [-0.4, -0.2) is 22.2 Å². The van der Waals surface area contributed by atoms with E-state index in [1.54, 1.807) is 0 Å². The van der Waals surface area contributed by atoms with Crippen LogP contribution < -0.4 is 0 Å². The molecule has 0 atom stereocenters. The summed E-state index contributed by atoms with van der Waals surface area (Å²) in [6.45, 7) is 0. The van der Waals surface area contributed by atoms with Crippen LogP contribution in [0.3, 0.4) is 0 Å². The maximum absolute atomic E-state index is 11.2. The Bertz CT molecular complexity index is 341. The largest absolute Gasteiger partial charge is 0.480 e. The van der Waals surface area contributed by atoms with Crippen LogP contribution in [0.2, 0.25) is 0 Å². The summed E-state index contributed by atoms with van der Waals surface area (Å²) in [4.78, 5) is 22.4. The molecule has 4 heteroatoms. The summed E-state index contributed by atoms with van der Waals surface area (Å²) in [6, 6.07) is 0. The summed E-state index contributed by atoms with van der Waals surface area (Å²) in [5.41, 5.74) is -1.89. The van der Waals surface area contributed by atoms with Crippen LogP contribution in [0, 0.1) is 10.8 Å². The molecule has 114 valence electrons. The first-order valence-electron chi connectivity index (χ1n) is 8.02. The SMILES string of the molecule is C1CCCCC1.O=C(O)C1(C(=O)O)CCCCC12CC2. The van der Waals surface area contributed by atoms with Crippen molar-refractivity contribution in [2.45, 2.75) is 77.0 Å². The number of carboxylic acids is 2. The molecule has 0 saturated heterocycles. The summed E-state index contributed by atoms with van der Waals surface area (Å²) >= 11 is 0. The van der Waals surface area contributed by atoms with Gasteiger partial charge in [0.15, 0.2) is 5.41 Å². The molecular formula is C16H26O4. The fraction of sp³-hybridized carbons (Fsp3) is 0.875. The van der Waals surface area contributed by atoms with E-state index in [0.29, 0.717) is 6.42 Å². The highest BCUT2D eigenvalue weighted by Gasteiger charge is 2.68. The first kappa shape index (κ1) is 15.3. The smallest absolute Gasteiger partial charge is 0.321 e. The first-order chi connectivity index (χ1) is 9.55. The highest BCUT2D eigenvalue weighted by molar-refractivity contribution is 6.00. The van der Waals surface area contributed by atoms with E-state index in [4.69, 9.17) is 10.2 Å². The standard InChI is InChI=1S/C10H14O4.C6H12/c11-7(12)10(8(13)14)4-2-1-3-9(10)5-6-9;1-2-4-6-5-3-1/h1-6H2,(H,11,12)(H,13,14);1-6H2. The number of hydrogen-bond donors (Lipinski definition) is 2. The molecule has 3 aliphatic carbocycles. The number of aliphatic carboxylic acids is 2. The third kappa shape index (κ3) is 2.70. The lowest BCUT2D eigenvalue weighted by molar-refractivity contribution is -0.174. The van der Waals surface area contributed by atoms with E-state index in [1.165, 1.54) is 38.5 Å². The molecule has 0 amide bonds. The zero-order valence-corrected chi connectivity index (χ0v) is 12.2. The average Bonchev–Trinajstić information content (AvgIpc) is 3.22. The van der Waals surface area contributed by atoms with Crippen LogP contribution >= 0.6 is 0 Å². The zero-order valence-electron chi connectivity index (χ0n) is 12.2. The van der Waals surface area contributed by atoms with Gasteiger partial charge in [-0.3, -0.25) is 9.59 Å². The van der Waals surface area contributed by atoms with Crippen molar-refractivity contribution in [2.24, 2.45) is 10.8 Å². The van der Waals surface area contributed by atoms with Gasteiger partial charge < -0.3 is 10.2 Å². The van der Waals surface area contributed by atoms with Gasteiger partial charge in [0.05, 0.1) is 0 Å². The van der Waals surface area contributed by atoms with Gasteiger partial charge in [0.2, 0.25) is 0 Å². The Morgan fingerprint density at radius 1 is 0.600 bits per heavy atom. The van der Waals surface area contributed by atoms with E-state index in [0.717, 1.165) is 32.1 Å². The molecule has 0 aromatic rings. The summed E-state index contributed by atoms with van der Waals surface area (Å²) in [7, 11) is 0. The van der Waals surface area contributed by atoms with Crippen LogP contribution in [0.15, 0.2) is 0 Å². The van der Waals surface area contributed by atoms with Gasteiger partial charge in [0.1, 0.15) is 0 Å². The summed E-state index contributed by atoms with van der Waals surface area (Å²) < 4.78 is 0. The summed E-state index contributed by atoms with van der Waals surface area (Å²) in [6.07, 6.45) is 13.3. The second-order valence-corrected chi connectivity index (χ2v) is 6.62. The molecule has 0 aromatic carbocycles. The lowest BCUT2D eigenvalue weighted by atomic mass is 9.63. The number of rotatable bonds is 2. The Labute approximate surface area is 120 Å². The molecule has 0 aliphatic heterocycles. The zero-order chi connectivity index (χ0) is 14.6. The van der Waals surface area contributed by atoms with Crippen LogP contribution in [0.1, 0.15) is 77.0 Å². The minimum Gasteiger partial charge on any atom is -0.480 e. The molecule has 4 nitrogen and oxygen atoms in total. The van der Waals surface area contributed by atoms with Crippen molar-refractivity contribution in [2.75, 3.05) is 0 Å². The second kappa shape index (κ2) is 6.15. The molecule has 0 heterocycles. The Kier molecular flexibility index (Phi) is 4.71. The van der Waals surface area contributed by atoms with Crippen molar-refractivity contribution in [3.8, 4) is 0 Å². The fourth-order valence-electron chi connectivity index (χ4n) is 3.98. The number of carboxylic acid groups (broad SMARTS) is 2. The van der Waals surface area contributed by atoms with Crippen molar-refractivity contribution >= 4 is 11.9 Å². The Balaban J connectivity index is 0.000000205. The molecule has 3 aliphatic rings. The maximum atomic E-state index is 11.2. The summed E-state index contributed by atoms with van der Waals surface area (Å²) in [5, 5.41) is 18.3. The Morgan fingerprint density at radius 2 is 1.00 bits per heavy atom. The monoisotopic (exact) mass is 282 g/mol. The number of carbonyl (C=O) groups is 2. The van der Waals surface area contributed by atoms with Crippen LogP contribution in [0.5, 0.6) is 0 Å². The Hall–Kier alpha value is -1.06. The van der Waals surface area contributed by atoms with Gasteiger partial charge in [-0.1, -0.05) is 51.4 Å².